The maximum Gasteiger partial charge on any atom is 0.305 e. The molecule has 0 rings (SSSR count). The van der Waals surface area contributed by atoms with Crippen molar-refractivity contribution in [2.75, 3.05) is 13.2 Å². The maximum atomic E-state index is 11.6. The van der Waals surface area contributed by atoms with Crippen LogP contribution in [0.2, 0.25) is 0 Å². The standard InChI is InChI=1S/C27H40O6/c1-3-4-5-6-7-8-9-10-11-12-13-14-15-16-17-18-19-25(29)20-21-27(31)33-23-26(30)22-32-24(2)28/h4-5,7-8,10-11,13-14,16-19,25-26,29-30H,3,6,9,12,15,20-23H2,1-2H3/b5-4-,8-7-,11-10-,14-13-,17-16-,19-18-/t25?,26-/m0/s1. The third-order valence-electron chi connectivity index (χ3n) is 4.13. The highest BCUT2D eigenvalue weighted by Crippen LogP contribution is 2.02. The molecule has 0 aromatic rings. The van der Waals surface area contributed by atoms with Gasteiger partial charge in [0.25, 0.3) is 0 Å². The van der Waals surface area contributed by atoms with Crippen molar-refractivity contribution in [3.63, 3.8) is 0 Å². The minimum Gasteiger partial charge on any atom is -0.463 e. The molecule has 6 heteroatoms. The predicted octanol–water partition coefficient (Wildman–Crippen LogP) is 4.90. The fourth-order valence-corrected chi connectivity index (χ4v) is 2.39. The summed E-state index contributed by atoms with van der Waals surface area (Å²) < 4.78 is 9.48. The first kappa shape index (κ1) is 30.3. The van der Waals surface area contributed by atoms with E-state index in [1.807, 2.05) is 12.2 Å². The monoisotopic (exact) mass is 460 g/mol. The third-order valence-corrected chi connectivity index (χ3v) is 4.13. The summed E-state index contributed by atoms with van der Waals surface area (Å²) in [4.78, 5) is 22.2. The van der Waals surface area contributed by atoms with Crippen molar-refractivity contribution in [2.45, 2.75) is 71.0 Å². The summed E-state index contributed by atoms with van der Waals surface area (Å²) in [6.45, 7) is 2.89. The van der Waals surface area contributed by atoms with Crippen molar-refractivity contribution in [2.24, 2.45) is 0 Å². The zero-order valence-corrected chi connectivity index (χ0v) is 20.0. The Labute approximate surface area is 198 Å². The lowest BCUT2D eigenvalue weighted by Crippen LogP contribution is -2.25. The molecule has 0 amide bonds. The van der Waals surface area contributed by atoms with Crippen molar-refractivity contribution in [3.05, 3.63) is 72.9 Å². The van der Waals surface area contributed by atoms with E-state index in [4.69, 9.17) is 4.74 Å². The van der Waals surface area contributed by atoms with E-state index in [9.17, 15) is 19.8 Å². The number of allylic oxidation sites excluding steroid dienone is 11. The molecule has 33 heavy (non-hydrogen) atoms. The number of carbonyl (C=O) groups is 2. The minimum absolute atomic E-state index is 0.0253. The smallest absolute Gasteiger partial charge is 0.305 e. The topological polar surface area (TPSA) is 93.1 Å². The van der Waals surface area contributed by atoms with Gasteiger partial charge in [0.2, 0.25) is 0 Å². The van der Waals surface area contributed by atoms with Crippen LogP contribution in [0.1, 0.15) is 58.8 Å². The lowest BCUT2D eigenvalue weighted by atomic mass is 10.2. The lowest BCUT2D eigenvalue weighted by molar-refractivity contribution is -0.151. The van der Waals surface area contributed by atoms with E-state index in [1.54, 1.807) is 12.2 Å². The molecule has 0 radical (unpaired) electrons. The van der Waals surface area contributed by atoms with Crippen molar-refractivity contribution in [3.8, 4) is 0 Å². The van der Waals surface area contributed by atoms with Crippen molar-refractivity contribution in [1.82, 2.24) is 0 Å². The fourth-order valence-electron chi connectivity index (χ4n) is 2.39. The van der Waals surface area contributed by atoms with Crippen LogP contribution in [0.4, 0.5) is 0 Å². The molecule has 1 unspecified atom stereocenters. The number of hydrogen-bond donors (Lipinski definition) is 2. The van der Waals surface area contributed by atoms with Crippen molar-refractivity contribution in [1.29, 1.82) is 0 Å². The molecule has 0 aromatic heterocycles. The van der Waals surface area contributed by atoms with Gasteiger partial charge in [0.15, 0.2) is 0 Å². The SMILES string of the molecule is CC/C=C\C/C=C\C/C=C\C/C=C\C/C=C\C=C/C(O)CCC(=O)OC[C@@H](O)COC(C)=O. The molecule has 0 spiro atoms. The first-order valence-electron chi connectivity index (χ1n) is 11.5. The molecule has 0 fully saturated rings. The molecule has 0 aliphatic rings. The van der Waals surface area contributed by atoms with E-state index < -0.39 is 24.1 Å². The Morgan fingerprint density at radius 3 is 1.82 bits per heavy atom. The van der Waals surface area contributed by atoms with Gasteiger partial charge in [-0.15, -0.1) is 0 Å². The Bertz CT molecular complexity index is 685. The summed E-state index contributed by atoms with van der Waals surface area (Å²) in [6, 6.07) is 0. The summed E-state index contributed by atoms with van der Waals surface area (Å²) >= 11 is 0. The predicted molar refractivity (Wildman–Crippen MR) is 132 cm³/mol. The normalized spacial score (nSPS) is 14.4. The van der Waals surface area contributed by atoms with Gasteiger partial charge in [0, 0.05) is 13.3 Å². The Balaban J connectivity index is 3.80. The average Bonchev–Trinajstić information content (AvgIpc) is 2.79. The second-order valence-corrected chi connectivity index (χ2v) is 7.30. The Kier molecular flexibility index (Phi) is 20.7. The van der Waals surface area contributed by atoms with Crippen LogP contribution in [0.5, 0.6) is 0 Å². The van der Waals surface area contributed by atoms with Crippen LogP contribution in [0.3, 0.4) is 0 Å². The molecular weight excluding hydrogens is 420 g/mol. The lowest BCUT2D eigenvalue weighted by Gasteiger charge is -2.11. The first-order valence-corrected chi connectivity index (χ1v) is 11.5. The summed E-state index contributed by atoms with van der Waals surface area (Å²) in [5.41, 5.74) is 0. The van der Waals surface area contributed by atoms with Gasteiger partial charge in [0.05, 0.1) is 6.10 Å². The van der Waals surface area contributed by atoms with Crippen LogP contribution in [0.15, 0.2) is 72.9 Å². The molecule has 0 aromatic carbocycles. The zero-order chi connectivity index (χ0) is 24.6. The number of aliphatic hydroxyl groups excluding tert-OH is 2. The largest absolute Gasteiger partial charge is 0.463 e. The van der Waals surface area contributed by atoms with E-state index in [-0.39, 0.29) is 26.1 Å². The molecule has 0 aliphatic carbocycles. The molecule has 2 atom stereocenters. The van der Waals surface area contributed by atoms with Gasteiger partial charge >= 0.3 is 11.9 Å². The van der Waals surface area contributed by atoms with E-state index >= 15 is 0 Å². The first-order chi connectivity index (χ1) is 16.0. The number of rotatable bonds is 18. The van der Waals surface area contributed by atoms with E-state index in [0.717, 1.165) is 32.1 Å². The summed E-state index contributed by atoms with van der Waals surface area (Å²) in [5, 5.41) is 19.4. The summed E-state index contributed by atoms with van der Waals surface area (Å²) in [6.07, 6.45) is 27.6. The van der Waals surface area contributed by atoms with Gasteiger partial charge in [-0.05, 0) is 38.5 Å². The highest BCUT2D eigenvalue weighted by molar-refractivity contribution is 5.69. The van der Waals surface area contributed by atoms with E-state index in [2.05, 4.69) is 60.3 Å². The summed E-state index contributed by atoms with van der Waals surface area (Å²) in [5.74, 6) is -1.04. The average molecular weight is 461 g/mol. The molecule has 0 aliphatic heterocycles. The van der Waals surface area contributed by atoms with Crippen LogP contribution in [0, 0.1) is 0 Å². The Hall–Kier alpha value is -2.70. The van der Waals surface area contributed by atoms with Crippen LogP contribution in [-0.4, -0.2) is 47.6 Å². The zero-order valence-electron chi connectivity index (χ0n) is 20.0. The number of aliphatic hydroxyl groups is 2. The van der Waals surface area contributed by atoms with Crippen molar-refractivity contribution >= 4 is 11.9 Å². The van der Waals surface area contributed by atoms with Gasteiger partial charge in [0.1, 0.15) is 19.3 Å². The number of ether oxygens (including phenoxy) is 2. The number of hydrogen-bond acceptors (Lipinski definition) is 6. The van der Waals surface area contributed by atoms with Gasteiger partial charge in [-0.25, -0.2) is 0 Å². The number of carbonyl (C=O) groups excluding carboxylic acids is 2. The van der Waals surface area contributed by atoms with Crippen LogP contribution in [-0.2, 0) is 19.1 Å². The maximum absolute atomic E-state index is 11.6. The van der Waals surface area contributed by atoms with E-state index in [1.165, 1.54) is 6.92 Å². The second-order valence-electron chi connectivity index (χ2n) is 7.30. The fraction of sp³-hybridized carbons (Fsp3) is 0.481. The van der Waals surface area contributed by atoms with Gasteiger partial charge in [-0.2, -0.15) is 0 Å². The van der Waals surface area contributed by atoms with Gasteiger partial charge in [-0.3, -0.25) is 9.59 Å². The highest BCUT2D eigenvalue weighted by Gasteiger charge is 2.11. The van der Waals surface area contributed by atoms with Crippen LogP contribution >= 0.6 is 0 Å². The Morgan fingerprint density at radius 1 is 0.758 bits per heavy atom. The molecule has 2 N–H and O–H groups in total. The molecule has 0 saturated heterocycles. The van der Waals surface area contributed by atoms with E-state index in [0.29, 0.717) is 0 Å². The highest BCUT2D eigenvalue weighted by atomic mass is 16.6. The van der Waals surface area contributed by atoms with Crippen LogP contribution < -0.4 is 0 Å². The molecule has 184 valence electrons. The molecule has 0 bridgehead atoms. The van der Waals surface area contributed by atoms with Gasteiger partial charge < -0.3 is 19.7 Å². The Morgan fingerprint density at radius 2 is 1.27 bits per heavy atom. The van der Waals surface area contributed by atoms with Crippen LogP contribution in [0.25, 0.3) is 0 Å². The number of esters is 2. The van der Waals surface area contributed by atoms with Gasteiger partial charge in [-0.1, -0.05) is 79.8 Å². The summed E-state index contributed by atoms with van der Waals surface area (Å²) in [7, 11) is 0. The third kappa shape index (κ3) is 23.8. The van der Waals surface area contributed by atoms with Crippen molar-refractivity contribution < 1.29 is 29.3 Å². The minimum atomic E-state index is -1.06. The quantitative estimate of drug-likeness (QED) is 0.172. The second kappa shape index (κ2) is 22.5. The molecule has 0 heterocycles. The molecule has 0 saturated carbocycles. The molecule has 6 nitrogen and oxygen atoms in total. The molecular formula is C27H40O6.